The lowest BCUT2D eigenvalue weighted by Crippen LogP contribution is -1.98. The molecule has 0 N–H and O–H groups in total. The Morgan fingerprint density at radius 3 is 2.26 bits per heavy atom. The largest absolute Gasteiger partial charge is 0.455 e. The van der Waals surface area contributed by atoms with Gasteiger partial charge < -0.3 is 4.42 Å². The molecular formula is C36H30N2O. The summed E-state index contributed by atoms with van der Waals surface area (Å²) in [6.45, 7) is 9.03. The van der Waals surface area contributed by atoms with Crippen molar-refractivity contribution in [2.75, 3.05) is 0 Å². The van der Waals surface area contributed by atoms with E-state index in [9.17, 15) is 0 Å². The standard InChI is InChI=1S/C36H30N2O/c1-21(2)26-17-25-14-16-29-34(37-20-38-35(29)33(25)31(18-26)22(3)4)30-12-8-11-28-27-15-13-24(19-32(27)39-36(28)30)23-9-6-5-7-10-23/h5-22H,1-4H3. The van der Waals surface area contributed by atoms with Crippen molar-refractivity contribution >= 4 is 43.6 Å². The van der Waals surface area contributed by atoms with Crippen LogP contribution < -0.4 is 0 Å². The molecule has 2 heterocycles. The summed E-state index contributed by atoms with van der Waals surface area (Å²) in [6, 6.07) is 32.3. The predicted molar refractivity (Wildman–Crippen MR) is 163 cm³/mol. The van der Waals surface area contributed by atoms with E-state index in [-0.39, 0.29) is 0 Å². The molecule has 0 amide bonds. The summed E-state index contributed by atoms with van der Waals surface area (Å²) in [6.07, 6.45) is 1.70. The minimum atomic E-state index is 0.382. The zero-order valence-electron chi connectivity index (χ0n) is 22.7. The van der Waals surface area contributed by atoms with Gasteiger partial charge in [-0.15, -0.1) is 0 Å². The van der Waals surface area contributed by atoms with E-state index in [0.717, 1.165) is 49.7 Å². The number of benzene rings is 5. The van der Waals surface area contributed by atoms with E-state index in [1.165, 1.54) is 27.5 Å². The second-order valence-corrected chi connectivity index (χ2v) is 11.1. The van der Waals surface area contributed by atoms with Crippen LogP contribution in [0.25, 0.3) is 66.0 Å². The topological polar surface area (TPSA) is 38.9 Å². The smallest absolute Gasteiger partial charge is 0.144 e. The molecule has 0 aliphatic heterocycles. The number of aromatic nitrogens is 2. The molecule has 2 aromatic heterocycles. The summed E-state index contributed by atoms with van der Waals surface area (Å²) in [5.41, 5.74) is 9.64. The van der Waals surface area contributed by atoms with Gasteiger partial charge in [0.2, 0.25) is 0 Å². The van der Waals surface area contributed by atoms with Gasteiger partial charge in [0.1, 0.15) is 17.5 Å². The minimum absolute atomic E-state index is 0.382. The normalized spacial score (nSPS) is 12.1. The Morgan fingerprint density at radius 2 is 1.46 bits per heavy atom. The number of hydrogen-bond acceptors (Lipinski definition) is 3. The molecule has 0 unspecified atom stereocenters. The number of hydrogen-bond donors (Lipinski definition) is 0. The first-order valence-electron chi connectivity index (χ1n) is 13.7. The van der Waals surface area contributed by atoms with Gasteiger partial charge in [0.15, 0.2) is 0 Å². The molecular weight excluding hydrogens is 476 g/mol. The average molecular weight is 507 g/mol. The maximum atomic E-state index is 6.58. The molecule has 0 saturated carbocycles. The van der Waals surface area contributed by atoms with Gasteiger partial charge in [-0.2, -0.15) is 0 Å². The van der Waals surface area contributed by atoms with E-state index >= 15 is 0 Å². The molecule has 0 radical (unpaired) electrons. The highest BCUT2D eigenvalue weighted by atomic mass is 16.3. The fourth-order valence-corrected chi connectivity index (χ4v) is 5.84. The van der Waals surface area contributed by atoms with E-state index in [4.69, 9.17) is 14.4 Å². The Hall–Kier alpha value is -4.50. The van der Waals surface area contributed by atoms with Crippen molar-refractivity contribution in [2.45, 2.75) is 39.5 Å². The monoisotopic (exact) mass is 506 g/mol. The van der Waals surface area contributed by atoms with Gasteiger partial charge in [0.05, 0.1) is 11.2 Å². The maximum absolute atomic E-state index is 6.58. The van der Waals surface area contributed by atoms with Crippen molar-refractivity contribution in [3.63, 3.8) is 0 Å². The van der Waals surface area contributed by atoms with Crippen LogP contribution in [-0.2, 0) is 0 Å². The zero-order valence-corrected chi connectivity index (χ0v) is 22.7. The van der Waals surface area contributed by atoms with Crippen LogP contribution >= 0.6 is 0 Å². The predicted octanol–water partition coefficient (Wildman–Crippen LogP) is 10.3. The molecule has 3 nitrogen and oxygen atoms in total. The molecule has 0 atom stereocenters. The van der Waals surface area contributed by atoms with Gasteiger partial charge in [0, 0.05) is 27.1 Å². The van der Waals surface area contributed by atoms with E-state index in [1.54, 1.807) is 6.33 Å². The third kappa shape index (κ3) is 3.80. The Bertz CT molecular complexity index is 2020. The molecule has 7 aromatic rings. The summed E-state index contributed by atoms with van der Waals surface area (Å²) in [5, 5.41) is 5.71. The van der Waals surface area contributed by atoms with Crippen LogP contribution in [-0.4, -0.2) is 9.97 Å². The van der Waals surface area contributed by atoms with Crippen LogP contribution in [0, 0.1) is 0 Å². The van der Waals surface area contributed by atoms with E-state index in [0.29, 0.717) is 11.8 Å². The van der Waals surface area contributed by atoms with Crippen LogP contribution in [0.15, 0.2) is 102 Å². The summed E-state index contributed by atoms with van der Waals surface area (Å²) in [5.74, 6) is 0.851. The average Bonchev–Trinajstić information content (AvgIpc) is 3.34. The van der Waals surface area contributed by atoms with Crippen molar-refractivity contribution in [3.05, 3.63) is 108 Å². The molecule has 5 aromatic carbocycles. The second kappa shape index (κ2) is 9.06. The highest BCUT2D eigenvalue weighted by Gasteiger charge is 2.19. The van der Waals surface area contributed by atoms with Crippen LogP contribution in [0.2, 0.25) is 0 Å². The lowest BCUT2D eigenvalue weighted by molar-refractivity contribution is 0.670. The van der Waals surface area contributed by atoms with Crippen LogP contribution in [0.3, 0.4) is 0 Å². The van der Waals surface area contributed by atoms with Gasteiger partial charge in [0.25, 0.3) is 0 Å². The molecule has 3 heteroatoms. The summed E-state index contributed by atoms with van der Waals surface area (Å²) < 4.78 is 6.58. The Balaban J connectivity index is 1.48. The van der Waals surface area contributed by atoms with Crippen molar-refractivity contribution in [3.8, 4) is 22.4 Å². The van der Waals surface area contributed by atoms with Crippen LogP contribution in [0.1, 0.15) is 50.7 Å². The van der Waals surface area contributed by atoms with Crippen molar-refractivity contribution in [1.82, 2.24) is 9.97 Å². The first kappa shape index (κ1) is 23.6. The third-order valence-corrected chi connectivity index (χ3v) is 7.92. The van der Waals surface area contributed by atoms with Gasteiger partial charge >= 0.3 is 0 Å². The third-order valence-electron chi connectivity index (χ3n) is 7.92. The van der Waals surface area contributed by atoms with Crippen LogP contribution in [0.4, 0.5) is 0 Å². The molecule has 39 heavy (non-hydrogen) atoms. The first-order valence-corrected chi connectivity index (χ1v) is 13.7. The quantitative estimate of drug-likeness (QED) is 0.223. The lowest BCUT2D eigenvalue weighted by atomic mass is 9.88. The summed E-state index contributed by atoms with van der Waals surface area (Å²) in [7, 11) is 0. The van der Waals surface area contributed by atoms with Crippen molar-refractivity contribution < 1.29 is 4.42 Å². The fraction of sp³-hybridized carbons (Fsp3) is 0.167. The van der Waals surface area contributed by atoms with Crippen molar-refractivity contribution in [2.24, 2.45) is 0 Å². The number of fused-ring (bicyclic) bond motifs is 6. The SMILES string of the molecule is CC(C)c1cc(C(C)C)c2c(ccc3c(-c4cccc5c4oc4cc(-c6ccccc6)ccc45)ncnc32)c1. The highest BCUT2D eigenvalue weighted by molar-refractivity contribution is 6.15. The number of para-hydroxylation sites is 1. The minimum Gasteiger partial charge on any atom is -0.455 e. The Morgan fingerprint density at radius 1 is 0.641 bits per heavy atom. The molecule has 0 aliphatic rings. The maximum Gasteiger partial charge on any atom is 0.144 e. The highest BCUT2D eigenvalue weighted by Crippen LogP contribution is 2.41. The van der Waals surface area contributed by atoms with E-state index < -0.39 is 0 Å². The van der Waals surface area contributed by atoms with Crippen molar-refractivity contribution in [1.29, 1.82) is 0 Å². The van der Waals surface area contributed by atoms with E-state index in [1.807, 2.05) is 6.07 Å². The van der Waals surface area contributed by atoms with Gasteiger partial charge in [-0.05, 0) is 63.7 Å². The summed E-state index contributed by atoms with van der Waals surface area (Å²) >= 11 is 0. The Labute approximate surface area is 228 Å². The van der Waals surface area contributed by atoms with Gasteiger partial charge in [-0.25, -0.2) is 9.97 Å². The first-order chi connectivity index (χ1) is 19.0. The zero-order chi connectivity index (χ0) is 26.7. The number of nitrogens with zero attached hydrogens (tertiary/aromatic N) is 2. The molecule has 0 fully saturated rings. The molecule has 0 bridgehead atoms. The fourth-order valence-electron chi connectivity index (χ4n) is 5.84. The molecule has 7 rings (SSSR count). The molecule has 0 aliphatic carbocycles. The number of furan rings is 1. The molecule has 0 saturated heterocycles. The van der Waals surface area contributed by atoms with Gasteiger partial charge in [-0.1, -0.05) is 94.4 Å². The summed E-state index contributed by atoms with van der Waals surface area (Å²) in [4.78, 5) is 9.66. The molecule has 190 valence electrons. The number of rotatable bonds is 4. The lowest BCUT2D eigenvalue weighted by Gasteiger charge is -2.17. The van der Waals surface area contributed by atoms with Crippen LogP contribution in [0.5, 0.6) is 0 Å². The van der Waals surface area contributed by atoms with E-state index in [2.05, 4.69) is 113 Å². The van der Waals surface area contributed by atoms with Gasteiger partial charge in [-0.3, -0.25) is 0 Å². The Kier molecular flexibility index (Phi) is 5.48. The second-order valence-electron chi connectivity index (χ2n) is 11.1. The molecule has 0 spiro atoms.